The number of fused-ring (bicyclic) bond motifs is 1. The van der Waals surface area contributed by atoms with Crippen LogP contribution >= 0.6 is 11.6 Å². The Bertz CT molecular complexity index is 662. The maximum absolute atomic E-state index is 13.8. The van der Waals surface area contributed by atoms with Crippen LogP contribution in [0.15, 0.2) is 23.0 Å². The molecule has 0 saturated carbocycles. The van der Waals surface area contributed by atoms with Crippen molar-refractivity contribution in [2.45, 2.75) is 25.8 Å². The summed E-state index contributed by atoms with van der Waals surface area (Å²) in [4.78, 5) is 12.1. The molecule has 94 valence electrons. The summed E-state index contributed by atoms with van der Waals surface area (Å²) in [5, 5.41) is 4.49. The topological polar surface area (TPSA) is 39.8 Å². The molecule has 0 fully saturated rings. The number of aromatic nitrogens is 3. The van der Waals surface area contributed by atoms with E-state index >= 15 is 0 Å². The summed E-state index contributed by atoms with van der Waals surface area (Å²) in [5.74, 6) is 0.181. The van der Waals surface area contributed by atoms with E-state index in [2.05, 4.69) is 5.10 Å². The van der Waals surface area contributed by atoms with Crippen molar-refractivity contribution < 1.29 is 4.39 Å². The van der Waals surface area contributed by atoms with Gasteiger partial charge in [-0.3, -0.25) is 4.57 Å². The van der Waals surface area contributed by atoms with Crippen LogP contribution in [-0.2, 0) is 13.0 Å². The van der Waals surface area contributed by atoms with Gasteiger partial charge < -0.3 is 0 Å². The van der Waals surface area contributed by atoms with E-state index in [0.29, 0.717) is 11.6 Å². The molecule has 0 amide bonds. The van der Waals surface area contributed by atoms with Crippen LogP contribution in [0.4, 0.5) is 4.39 Å². The molecular weight excluding hydrogens is 257 g/mol. The summed E-state index contributed by atoms with van der Waals surface area (Å²) in [6.07, 6.45) is 2.73. The van der Waals surface area contributed by atoms with E-state index in [9.17, 15) is 9.18 Å². The van der Waals surface area contributed by atoms with Gasteiger partial charge in [0.05, 0.1) is 0 Å². The van der Waals surface area contributed by atoms with Gasteiger partial charge in [-0.25, -0.2) is 9.18 Å². The molecule has 4 nitrogen and oxygen atoms in total. The number of nitrogens with zero attached hydrogens (tertiary/aromatic N) is 3. The third kappa shape index (κ3) is 1.75. The second-order valence-electron chi connectivity index (χ2n) is 4.32. The van der Waals surface area contributed by atoms with Crippen molar-refractivity contribution in [2.75, 3.05) is 0 Å². The van der Waals surface area contributed by atoms with Gasteiger partial charge >= 0.3 is 5.69 Å². The van der Waals surface area contributed by atoms with E-state index in [1.807, 2.05) is 0 Å². The molecule has 1 aliphatic rings. The average Bonchev–Trinajstić information content (AvgIpc) is 2.68. The van der Waals surface area contributed by atoms with Gasteiger partial charge in [0.15, 0.2) is 5.82 Å². The van der Waals surface area contributed by atoms with Crippen LogP contribution in [0.2, 0.25) is 5.02 Å². The van der Waals surface area contributed by atoms with Gasteiger partial charge in [-0.1, -0.05) is 11.6 Å². The van der Waals surface area contributed by atoms with E-state index < -0.39 is 5.82 Å². The quantitative estimate of drug-likeness (QED) is 0.794. The molecule has 2 aromatic rings. The molecule has 0 unspecified atom stereocenters. The fourth-order valence-corrected chi connectivity index (χ4v) is 2.37. The van der Waals surface area contributed by atoms with Crippen molar-refractivity contribution in [1.29, 1.82) is 0 Å². The maximum atomic E-state index is 13.8. The first-order valence-electron chi connectivity index (χ1n) is 5.81. The van der Waals surface area contributed by atoms with Gasteiger partial charge in [0, 0.05) is 18.0 Å². The van der Waals surface area contributed by atoms with Gasteiger partial charge in [0.1, 0.15) is 11.5 Å². The average molecular weight is 268 g/mol. The number of hydrogen-bond donors (Lipinski definition) is 0. The standard InChI is InChI=1S/C12H11ClFN3O/c13-8-4-5-10(9(14)7-8)17-12(18)16-6-2-1-3-11(16)15-17/h4-5,7H,1-3,6H2. The third-order valence-corrected chi connectivity index (χ3v) is 3.34. The van der Waals surface area contributed by atoms with Crippen molar-refractivity contribution in [2.24, 2.45) is 0 Å². The van der Waals surface area contributed by atoms with Crippen LogP contribution in [-0.4, -0.2) is 14.3 Å². The normalized spacial score (nSPS) is 14.6. The van der Waals surface area contributed by atoms with Gasteiger partial charge in [-0.15, -0.1) is 5.10 Å². The molecular formula is C12H11ClFN3O. The number of rotatable bonds is 1. The Labute approximate surface area is 108 Å². The SMILES string of the molecule is O=c1n(-c2ccc(Cl)cc2F)nc2n1CCCC2. The van der Waals surface area contributed by atoms with Crippen LogP contribution in [0.5, 0.6) is 0 Å². The second-order valence-corrected chi connectivity index (χ2v) is 4.75. The summed E-state index contributed by atoms with van der Waals surface area (Å²) in [5.41, 5.74) is -0.141. The minimum atomic E-state index is -0.542. The lowest BCUT2D eigenvalue weighted by Crippen LogP contribution is -2.26. The molecule has 0 N–H and O–H groups in total. The van der Waals surface area contributed by atoms with Crippen molar-refractivity contribution in [3.8, 4) is 5.69 Å². The molecule has 1 aliphatic heterocycles. The summed E-state index contributed by atoms with van der Waals surface area (Å²) in [6, 6.07) is 4.20. The lowest BCUT2D eigenvalue weighted by atomic mass is 10.2. The molecule has 0 saturated heterocycles. The predicted octanol–water partition coefficient (Wildman–Crippen LogP) is 2.16. The summed E-state index contributed by atoms with van der Waals surface area (Å²) >= 11 is 5.69. The second kappa shape index (κ2) is 4.24. The molecule has 3 rings (SSSR count). The third-order valence-electron chi connectivity index (χ3n) is 3.11. The Morgan fingerprint density at radius 2 is 2.17 bits per heavy atom. The number of aryl methyl sites for hydroxylation is 1. The van der Waals surface area contributed by atoms with Crippen LogP contribution in [0.3, 0.4) is 0 Å². The highest BCUT2D eigenvalue weighted by Gasteiger charge is 2.19. The van der Waals surface area contributed by atoms with Crippen LogP contribution in [0.25, 0.3) is 5.69 Å². The summed E-state index contributed by atoms with van der Waals surface area (Å²) in [6.45, 7) is 0.656. The first-order valence-corrected chi connectivity index (χ1v) is 6.19. The molecule has 18 heavy (non-hydrogen) atoms. The monoisotopic (exact) mass is 267 g/mol. The molecule has 0 atom stereocenters. The lowest BCUT2D eigenvalue weighted by molar-refractivity contribution is 0.512. The van der Waals surface area contributed by atoms with E-state index in [-0.39, 0.29) is 11.4 Å². The first-order chi connectivity index (χ1) is 8.66. The van der Waals surface area contributed by atoms with Crippen molar-refractivity contribution in [1.82, 2.24) is 14.3 Å². The van der Waals surface area contributed by atoms with Crippen molar-refractivity contribution in [3.63, 3.8) is 0 Å². The minimum Gasteiger partial charge on any atom is -0.279 e. The Morgan fingerprint density at radius 1 is 1.33 bits per heavy atom. The largest absolute Gasteiger partial charge is 0.350 e. The van der Waals surface area contributed by atoms with E-state index in [1.165, 1.54) is 12.1 Å². The zero-order chi connectivity index (χ0) is 12.7. The smallest absolute Gasteiger partial charge is 0.279 e. The van der Waals surface area contributed by atoms with E-state index in [0.717, 1.165) is 29.8 Å². The van der Waals surface area contributed by atoms with Crippen LogP contribution < -0.4 is 5.69 Å². The Balaban J connectivity index is 2.17. The van der Waals surface area contributed by atoms with Crippen LogP contribution in [0.1, 0.15) is 18.7 Å². The van der Waals surface area contributed by atoms with E-state index in [4.69, 9.17) is 11.6 Å². The van der Waals surface area contributed by atoms with Crippen LogP contribution in [0, 0.1) is 5.82 Å². The first kappa shape index (κ1) is 11.5. The zero-order valence-corrected chi connectivity index (χ0v) is 10.3. The number of halogens is 2. The molecule has 2 heterocycles. The number of hydrogen-bond acceptors (Lipinski definition) is 2. The molecule has 1 aromatic heterocycles. The zero-order valence-electron chi connectivity index (χ0n) is 9.57. The maximum Gasteiger partial charge on any atom is 0.350 e. The fraction of sp³-hybridized carbons (Fsp3) is 0.333. The Hall–Kier alpha value is -1.62. The highest BCUT2D eigenvalue weighted by atomic mass is 35.5. The molecule has 0 bridgehead atoms. The molecule has 0 radical (unpaired) electrons. The molecule has 6 heteroatoms. The number of benzene rings is 1. The predicted molar refractivity (Wildman–Crippen MR) is 65.7 cm³/mol. The lowest BCUT2D eigenvalue weighted by Gasteiger charge is -2.09. The van der Waals surface area contributed by atoms with Gasteiger partial charge in [-0.05, 0) is 31.0 Å². The Kier molecular flexibility index (Phi) is 2.70. The van der Waals surface area contributed by atoms with Crippen molar-refractivity contribution >= 4 is 11.6 Å². The minimum absolute atomic E-state index is 0.145. The van der Waals surface area contributed by atoms with Crippen molar-refractivity contribution in [3.05, 3.63) is 45.3 Å². The molecule has 0 spiro atoms. The highest BCUT2D eigenvalue weighted by molar-refractivity contribution is 6.30. The molecule has 0 aliphatic carbocycles. The van der Waals surface area contributed by atoms with Gasteiger partial charge in [0.2, 0.25) is 0 Å². The van der Waals surface area contributed by atoms with Gasteiger partial charge in [-0.2, -0.15) is 4.68 Å². The molecule has 1 aromatic carbocycles. The Morgan fingerprint density at radius 3 is 2.89 bits per heavy atom. The van der Waals surface area contributed by atoms with E-state index in [1.54, 1.807) is 10.6 Å². The van der Waals surface area contributed by atoms with Gasteiger partial charge in [0.25, 0.3) is 0 Å². The highest BCUT2D eigenvalue weighted by Crippen LogP contribution is 2.18. The summed E-state index contributed by atoms with van der Waals surface area (Å²) < 4.78 is 16.5. The summed E-state index contributed by atoms with van der Waals surface area (Å²) in [7, 11) is 0. The fourth-order valence-electron chi connectivity index (χ4n) is 2.21.